The third-order valence-corrected chi connectivity index (χ3v) is 4.13. The highest BCUT2D eigenvalue weighted by Gasteiger charge is 2.22. The minimum absolute atomic E-state index is 0.122. The normalized spacial score (nSPS) is 15.3. The van der Waals surface area contributed by atoms with Crippen molar-refractivity contribution in [2.24, 2.45) is 0 Å². The third kappa shape index (κ3) is 2.68. The molecule has 1 N–H and O–H groups in total. The molecule has 0 bridgehead atoms. The molecule has 1 fully saturated rings. The van der Waals surface area contributed by atoms with Crippen LogP contribution in [0.2, 0.25) is 0 Å². The lowest BCUT2D eigenvalue weighted by atomic mass is 10.2. The predicted molar refractivity (Wildman–Crippen MR) is 81.4 cm³/mol. The van der Waals surface area contributed by atoms with E-state index in [-0.39, 0.29) is 5.91 Å². The Morgan fingerprint density at radius 3 is 2.81 bits per heavy atom. The van der Waals surface area contributed by atoms with Gasteiger partial charge < -0.3 is 5.32 Å². The van der Waals surface area contributed by atoms with Crippen LogP contribution in [0.1, 0.15) is 53.3 Å². The van der Waals surface area contributed by atoms with Crippen molar-refractivity contribution >= 4 is 11.7 Å². The quantitative estimate of drug-likeness (QED) is 0.941. The Balaban J connectivity index is 1.86. The molecule has 2 aromatic heterocycles. The van der Waals surface area contributed by atoms with Gasteiger partial charge in [0.15, 0.2) is 0 Å². The molecule has 2 heterocycles. The molecular formula is C16H20N4O. The van der Waals surface area contributed by atoms with Gasteiger partial charge in [-0.15, -0.1) is 0 Å². The number of nitrogens with one attached hydrogen (secondary N) is 1. The third-order valence-electron chi connectivity index (χ3n) is 4.13. The first-order valence-electron chi connectivity index (χ1n) is 7.44. The lowest BCUT2D eigenvalue weighted by Gasteiger charge is -2.16. The molecule has 1 amide bonds. The predicted octanol–water partition coefficient (Wildman–Crippen LogP) is 3.26. The topological polar surface area (TPSA) is 59.8 Å². The fourth-order valence-corrected chi connectivity index (χ4v) is 2.93. The highest BCUT2D eigenvalue weighted by Crippen LogP contribution is 2.32. The largest absolute Gasteiger partial charge is 0.306 e. The van der Waals surface area contributed by atoms with Gasteiger partial charge >= 0.3 is 0 Å². The zero-order valence-corrected chi connectivity index (χ0v) is 12.5. The van der Waals surface area contributed by atoms with Crippen molar-refractivity contribution in [3.8, 4) is 0 Å². The molecule has 0 atom stereocenters. The molecule has 0 spiro atoms. The number of carbonyl (C=O) groups excluding carboxylic acids is 1. The first-order valence-corrected chi connectivity index (χ1v) is 7.44. The zero-order chi connectivity index (χ0) is 14.8. The Bertz CT molecular complexity index is 656. The molecule has 0 aromatic carbocycles. The van der Waals surface area contributed by atoms with E-state index < -0.39 is 0 Å². The standard InChI is InChI=1S/C16H20N4O/c1-11-10-18-20(13-6-3-4-7-13)15(11)19-16(21)14-8-5-9-17-12(14)2/h5,8-10,13H,3-4,6-7H2,1-2H3,(H,19,21). The summed E-state index contributed by atoms with van der Waals surface area (Å²) in [5, 5.41) is 7.47. The maximum atomic E-state index is 12.5. The van der Waals surface area contributed by atoms with Crippen molar-refractivity contribution in [1.82, 2.24) is 14.8 Å². The van der Waals surface area contributed by atoms with Crippen molar-refractivity contribution in [2.45, 2.75) is 45.6 Å². The molecule has 0 unspecified atom stereocenters. The van der Waals surface area contributed by atoms with E-state index in [1.807, 2.05) is 24.7 Å². The van der Waals surface area contributed by atoms with Gasteiger partial charge in [0, 0.05) is 17.5 Å². The maximum Gasteiger partial charge on any atom is 0.258 e. The molecule has 0 radical (unpaired) electrons. The lowest BCUT2D eigenvalue weighted by Crippen LogP contribution is -2.19. The van der Waals surface area contributed by atoms with Crippen molar-refractivity contribution in [2.75, 3.05) is 5.32 Å². The molecule has 5 heteroatoms. The van der Waals surface area contributed by atoms with Gasteiger partial charge in [-0.1, -0.05) is 12.8 Å². The minimum atomic E-state index is -0.122. The number of hydrogen-bond acceptors (Lipinski definition) is 3. The summed E-state index contributed by atoms with van der Waals surface area (Å²) in [6.07, 6.45) is 8.26. The van der Waals surface area contributed by atoms with Gasteiger partial charge in [0.05, 0.1) is 17.8 Å². The Kier molecular flexibility index (Phi) is 3.73. The number of aromatic nitrogens is 3. The number of amides is 1. The van der Waals surface area contributed by atoms with Crippen LogP contribution in [0.25, 0.3) is 0 Å². The number of hydrogen-bond donors (Lipinski definition) is 1. The van der Waals surface area contributed by atoms with E-state index in [0.29, 0.717) is 11.6 Å². The van der Waals surface area contributed by atoms with Gasteiger partial charge in [-0.2, -0.15) is 5.10 Å². The fraction of sp³-hybridized carbons (Fsp3) is 0.438. The van der Waals surface area contributed by atoms with Crippen LogP contribution in [-0.2, 0) is 0 Å². The van der Waals surface area contributed by atoms with E-state index in [1.165, 1.54) is 12.8 Å². The summed E-state index contributed by atoms with van der Waals surface area (Å²) in [4.78, 5) is 16.6. The monoisotopic (exact) mass is 284 g/mol. The second-order valence-electron chi connectivity index (χ2n) is 5.65. The molecule has 2 aromatic rings. The average molecular weight is 284 g/mol. The summed E-state index contributed by atoms with van der Waals surface area (Å²) in [6, 6.07) is 3.98. The number of rotatable bonds is 3. The fourth-order valence-electron chi connectivity index (χ4n) is 2.93. The summed E-state index contributed by atoms with van der Waals surface area (Å²) in [6.45, 7) is 3.82. The summed E-state index contributed by atoms with van der Waals surface area (Å²) in [5.74, 6) is 0.693. The van der Waals surface area contributed by atoms with Crippen molar-refractivity contribution in [1.29, 1.82) is 0 Å². The number of aryl methyl sites for hydroxylation is 2. The number of carbonyl (C=O) groups is 1. The highest BCUT2D eigenvalue weighted by atomic mass is 16.1. The summed E-state index contributed by atoms with van der Waals surface area (Å²) in [5.41, 5.74) is 2.34. The van der Waals surface area contributed by atoms with Crippen LogP contribution in [0.5, 0.6) is 0 Å². The second kappa shape index (κ2) is 5.68. The van der Waals surface area contributed by atoms with E-state index in [2.05, 4.69) is 15.4 Å². The van der Waals surface area contributed by atoms with Crippen molar-refractivity contribution < 1.29 is 4.79 Å². The summed E-state index contributed by atoms with van der Waals surface area (Å²) >= 11 is 0. The van der Waals surface area contributed by atoms with Crippen LogP contribution in [0.3, 0.4) is 0 Å². The maximum absolute atomic E-state index is 12.5. The Morgan fingerprint density at radius 2 is 2.10 bits per heavy atom. The number of pyridine rings is 1. The molecule has 1 aliphatic rings. The van der Waals surface area contributed by atoms with E-state index >= 15 is 0 Å². The van der Waals surface area contributed by atoms with Gasteiger partial charge in [0.25, 0.3) is 5.91 Å². The molecule has 0 aliphatic heterocycles. The number of nitrogens with zero attached hydrogens (tertiary/aromatic N) is 3. The lowest BCUT2D eigenvalue weighted by molar-refractivity contribution is 0.102. The van der Waals surface area contributed by atoms with Crippen molar-refractivity contribution in [3.05, 3.63) is 41.3 Å². The van der Waals surface area contributed by atoms with E-state index in [9.17, 15) is 4.79 Å². The van der Waals surface area contributed by atoms with Crippen molar-refractivity contribution in [3.63, 3.8) is 0 Å². The molecule has 3 rings (SSSR count). The van der Waals surface area contributed by atoms with Crippen LogP contribution < -0.4 is 5.32 Å². The molecular weight excluding hydrogens is 264 g/mol. The SMILES string of the molecule is Cc1cnn(C2CCCC2)c1NC(=O)c1cccnc1C. The van der Waals surface area contributed by atoms with Crippen LogP contribution >= 0.6 is 0 Å². The molecule has 0 saturated heterocycles. The van der Waals surface area contributed by atoms with Gasteiger partial charge in [0.1, 0.15) is 5.82 Å². The highest BCUT2D eigenvalue weighted by molar-refractivity contribution is 6.04. The van der Waals surface area contributed by atoms with Crippen LogP contribution in [0.4, 0.5) is 5.82 Å². The molecule has 1 aliphatic carbocycles. The Hall–Kier alpha value is -2.17. The molecule has 110 valence electrons. The second-order valence-corrected chi connectivity index (χ2v) is 5.65. The number of anilines is 1. The van der Waals surface area contributed by atoms with Gasteiger partial charge in [-0.3, -0.25) is 9.78 Å². The Morgan fingerprint density at radius 1 is 1.33 bits per heavy atom. The van der Waals surface area contributed by atoms with Gasteiger partial charge in [0.2, 0.25) is 0 Å². The van der Waals surface area contributed by atoms with Gasteiger partial charge in [-0.25, -0.2) is 4.68 Å². The van der Waals surface area contributed by atoms with E-state index in [0.717, 1.165) is 29.9 Å². The summed E-state index contributed by atoms with van der Waals surface area (Å²) < 4.78 is 1.98. The summed E-state index contributed by atoms with van der Waals surface area (Å²) in [7, 11) is 0. The molecule has 21 heavy (non-hydrogen) atoms. The average Bonchev–Trinajstić information content (AvgIpc) is 3.10. The minimum Gasteiger partial charge on any atom is -0.306 e. The van der Waals surface area contributed by atoms with E-state index in [1.54, 1.807) is 18.3 Å². The van der Waals surface area contributed by atoms with Crippen LogP contribution in [0, 0.1) is 13.8 Å². The first-order chi connectivity index (χ1) is 10.2. The Labute approximate surface area is 124 Å². The molecule has 5 nitrogen and oxygen atoms in total. The first kappa shape index (κ1) is 13.8. The zero-order valence-electron chi connectivity index (χ0n) is 12.5. The van der Waals surface area contributed by atoms with Crippen LogP contribution in [-0.4, -0.2) is 20.7 Å². The molecule has 1 saturated carbocycles. The van der Waals surface area contributed by atoms with Crippen LogP contribution in [0.15, 0.2) is 24.5 Å². The van der Waals surface area contributed by atoms with Gasteiger partial charge in [-0.05, 0) is 38.8 Å². The van der Waals surface area contributed by atoms with E-state index in [4.69, 9.17) is 0 Å². The smallest absolute Gasteiger partial charge is 0.258 e.